The van der Waals surface area contributed by atoms with Crippen LogP contribution in [0.1, 0.15) is 5.56 Å². The van der Waals surface area contributed by atoms with Gasteiger partial charge in [-0.3, -0.25) is 0 Å². The van der Waals surface area contributed by atoms with Gasteiger partial charge in [0.25, 0.3) is 0 Å². The van der Waals surface area contributed by atoms with Crippen LogP contribution in [0.3, 0.4) is 0 Å². The minimum absolute atomic E-state index is 0.584. The zero-order valence-electron chi connectivity index (χ0n) is 8.78. The van der Waals surface area contributed by atoms with Gasteiger partial charge in [-0.2, -0.15) is 10.4 Å². The van der Waals surface area contributed by atoms with Crippen molar-refractivity contribution in [2.24, 2.45) is 0 Å². The van der Waals surface area contributed by atoms with Crippen molar-refractivity contribution in [3.63, 3.8) is 0 Å². The van der Waals surface area contributed by atoms with E-state index in [9.17, 15) is 0 Å². The molecule has 0 bridgehead atoms. The van der Waals surface area contributed by atoms with Crippen LogP contribution in [-0.4, -0.2) is 19.7 Å². The molecule has 5 heteroatoms. The number of fused-ring (bicyclic) bond motifs is 1. The number of para-hydroxylation sites is 1. The van der Waals surface area contributed by atoms with Crippen LogP contribution in [0.15, 0.2) is 43.0 Å². The molecule has 3 aromatic rings. The van der Waals surface area contributed by atoms with E-state index < -0.39 is 0 Å². The second kappa shape index (κ2) is 3.68. The van der Waals surface area contributed by atoms with E-state index in [1.54, 1.807) is 12.4 Å². The number of hydrogen-bond acceptors (Lipinski definition) is 4. The van der Waals surface area contributed by atoms with E-state index >= 15 is 0 Å². The third-order valence-corrected chi connectivity index (χ3v) is 2.48. The summed E-state index contributed by atoms with van der Waals surface area (Å²) in [6.07, 6.45) is 2.99. The molecule has 0 aliphatic heterocycles. The maximum absolute atomic E-state index is 9.13. The molecule has 17 heavy (non-hydrogen) atoms. The number of pyridine rings is 1. The molecule has 3 rings (SSSR count). The van der Waals surface area contributed by atoms with E-state index in [0.29, 0.717) is 11.4 Å². The monoisotopic (exact) mass is 221 g/mol. The molecule has 0 saturated carbocycles. The Morgan fingerprint density at radius 2 is 2.12 bits per heavy atom. The van der Waals surface area contributed by atoms with Gasteiger partial charge in [-0.05, 0) is 6.07 Å². The molecule has 0 amide bonds. The molecule has 5 nitrogen and oxygen atoms in total. The minimum Gasteiger partial charge on any atom is -0.228 e. The van der Waals surface area contributed by atoms with Crippen molar-refractivity contribution in [1.29, 1.82) is 5.26 Å². The summed E-state index contributed by atoms with van der Waals surface area (Å²) in [6, 6.07) is 11.4. The van der Waals surface area contributed by atoms with Gasteiger partial charge in [0.2, 0.25) is 0 Å². The summed E-state index contributed by atoms with van der Waals surface area (Å²) in [5, 5.41) is 14.0. The molecule has 0 saturated heterocycles. The summed E-state index contributed by atoms with van der Waals surface area (Å²) >= 11 is 0. The van der Waals surface area contributed by atoms with E-state index in [-0.39, 0.29) is 0 Å². The Bertz CT molecular complexity index is 709. The average Bonchev–Trinajstić information content (AvgIpc) is 2.91. The predicted molar refractivity (Wildman–Crippen MR) is 61.4 cm³/mol. The van der Waals surface area contributed by atoms with Gasteiger partial charge < -0.3 is 0 Å². The molecule has 0 spiro atoms. The third-order valence-electron chi connectivity index (χ3n) is 2.48. The SMILES string of the molecule is N#Cc1cc(-n2cncn2)nc2ccccc12. The van der Waals surface area contributed by atoms with E-state index in [0.717, 1.165) is 10.9 Å². The van der Waals surface area contributed by atoms with Crippen LogP contribution in [-0.2, 0) is 0 Å². The summed E-state index contributed by atoms with van der Waals surface area (Å²) in [4.78, 5) is 8.30. The van der Waals surface area contributed by atoms with Crippen molar-refractivity contribution >= 4 is 10.9 Å². The molecule has 80 valence electrons. The fourth-order valence-electron chi connectivity index (χ4n) is 1.70. The Morgan fingerprint density at radius 1 is 1.24 bits per heavy atom. The van der Waals surface area contributed by atoms with Crippen molar-refractivity contribution < 1.29 is 0 Å². The van der Waals surface area contributed by atoms with E-state index in [2.05, 4.69) is 21.1 Å². The van der Waals surface area contributed by atoms with Crippen LogP contribution in [0, 0.1) is 11.3 Å². The minimum atomic E-state index is 0.584. The maximum atomic E-state index is 9.13. The lowest BCUT2D eigenvalue weighted by Gasteiger charge is -2.03. The van der Waals surface area contributed by atoms with Gasteiger partial charge in [0, 0.05) is 11.5 Å². The van der Waals surface area contributed by atoms with Crippen LogP contribution >= 0.6 is 0 Å². The van der Waals surface area contributed by atoms with Crippen LogP contribution in [0.2, 0.25) is 0 Å². The molecule has 2 aromatic heterocycles. The molecule has 0 atom stereocenters. The summed E-state index contributed by atoms with van der Waals surface area (Å²) in [5.74, 6) is 0.595. The first-order chi connectivity index (χ1) is 8.38. The second-order valence-corrected chi connectivity index (χ2v) is 3.50. The summed E-state index contributed by atoms with van der Waals surface area (Å²) in [7, 11) is 0. The van der Waals surface area contributed by atoms with Crippen LogP contribution in [0.4, 0.5) is 0 Å². The zero-order chi connectivity index (χ0) is 11.7. The number of rotatable bonds is 1. The number of aromatic nitrogens is 4. The van der Waals surface area contributed by atoms with Crippen molar-refractivity contribution in [3.05, 3.63) is 48.5 Å². The Hall–Kier alpha value is -2.74. The summed E-state index contributed by atoms with van der Waals surface area (Å²) < 4.78 is 1.54. The first-order valence-electron chi connectivity index (χ1n) is 5.03. The van der Waals surface area contributed by atoms with Crippen LogP contribution < -0.4 is 0 Å². The van der Waals surface area contributed by atoms with Gasteiger partial charge in [-0.25, -0.2) is 14.6 Å². The maximum Gasteiger partial charge on any atom is 0.157 e. The molecule has 2 heterocycles. The summed E-state index contributed by atoms with van der Waals surface area (Å²) in [5.41, 5.74) is 1.36. The molecule has 0 N–H and O–H groups in total. The van der Waals surface area contributed by atoms with Gasteiger partial charge in [-0.1, -0.05) is 18.2 Å². The van der Waals surface area contributed by atoms with Crippen molar-refractivity contribution in [2.45, 2.75) is 0 Å². The van der Waals surface area contributed by atoms with Crippen molar-refractivity contribution in [2.75, 3.05) is 0 Å². The highest BCUT2D eigenvalue weighted by molar-refractivity contribution is 5.85. The Labute approximate surface area is 97.0 Å². The smallest absolute Gasteiger partial charge is 0.157 e. The average molecular weight is 221 g/mol. The molecule has 0 aliphatic rings. The Balaban J connectivity index is 2.33. The number of nitriles is 1. The topological polar surface area (TPSA) is 67.4 Å². The Kier molecular flexibility index (Phi) is 2.06. The standard InChI is InChI=1S/C12H7N5/c13-6-9-5-12(17-8-14-7-15-17)16-11-4-2-1-3-10(9)11/h1-5,7-8H. The highest BCUT2D eigenvalue weighted by Gasteiger charge is 2.06. The highest BCUT2D eigenvalue weighted by Crippen LogP contribution is 2.18. The number of benzene rings is 1. The van der Waals surface area contributed by atoms with E-state index in [4.69, 9.17) is 5.26 Å². The lowest BCUT2D eigenvalue weighted by atomic mass is 10.1. The lowest BCUT2D eigenvalue weighted by molar-refractivity contribution is 0.850. The van der Waals surface area contributed by atoms with Crippen LogP contribution in [0.5, 0.6) is 0 Å². The first-order valence-corrected chi connectivity index (χ1v) is 5.03. The van der Waals surface area contributed by atoms with E-state index in [1.807, 2.05) is 24.3 Å². The largest absolute Gasteiger partial charge is 0.228 e. The number of nitrogens with zero attached hydrogens (tertiary/aromatic N) is 5. The molecular weight excluding hydrogens is 214 g/mol. The zero-order valence-corrected chi connectivity index (χ0v) is 8.78. The van der Waals surface area contributed by atoms with Crippen LogP contribution in [0.25, 0.3) is 16.7 Å². The lowest BCUT2D eigenvalue weighted by Crippen LogP contribution is -1.99. The molecular formula is C12H7N5. The molecule has 0 radical (unpaired) electrons. The highest BCUT2D eigenvalue weighted by atomic mass is 15.3. The van der Waals surface area contributed by atoms with Gasteiger partial charge in [-0.15, -0.1) is 0 Å². The second-order valence-electron chi connectivity index (χ2n) is 3.50. The predicted octanol–water partition coefficient (Wildman–Crippen LogP) is 1.69. The van der Waals surface area contributed by atoms with Gasteiger partial charge in [0.1, 0.15) is 12.7 Å². The van der Waals surface area contributed by atoms with Gasteiger partial charge in [0.05, 0.1) is 17.1 Å². The van der Waals surface area contributed by atoms with E-state index in [1.165, 1.54) is 11.0 Å². The van der Waals surface area contributed by atoms with Crippen molar-refractivity contribution in [3.8, 4) is 11.9 Å². The number of hydrogen-bond donors (Lipinski definition) is 0. The quantitative estimate of drug-likeness (QED) is 0.627. The fraction of sp³-hybridized carbons (Fsp3) is 0. The fourth-order valence-corrected chi connectivity index (χ4v) is 1.70. The molecule has 1 aromatic carbocycles. The van der Waals surface area contributed by atoms with Gasteiger partial charge >= 0.3 is 0 Å². The molecule has 0 fully saturated rings. The molecule has 0 unspecified atom stereocenters. The normalized spacial score (nSPS) is 10.3. The first kappa shape index (κ1) is 9.48. The summed E-state index contributed by atoms with van der Waals surface area (Å²) in [6.45, 7) is 0. The third kappa shape index (κ3) is 1.52. The Morgan fingerprint density at radius 3 is 2.88 bits per heavy atom. The van der Waals surface area contributed by atoms with Gasteiger partial charge in [0.15, 0.2) is 5.82 Å². The molecule has 0 aliphatic carbocycles. The van der Waals surface area contributed by atoms with Crippen molar-refractivity contribution in [1.82, 2.24) is 19.7 Å².